The van der Waals surface area contributed by atoms with E-state index in [0.717, 1.165) is 31.0 Å². The number of nitrogens with one attached hydrogen (secondary N) is 1. The summed E-state index contributed by atoms with van der Waals surface area (Å²) in [5.74, 6) is 1.54. The molecule has 22 heavy (non-hydrogen) atoms. The normalized spacial score (nSPS) is 14.3. The van der Waals surface area contributed by atoms with E-state index in [0.29, 0.717) is 6.61 Å². The molecular weight excluding hydrogens is 274 g/mol. The minimum Gasteiger partial charge on any atom is -0.493 e. The van der Waals surface area contributed by atoms with Crippen LogP contribution in [-0.4, -0.2) is 20.3 Å². The van der Waals surface area contributed by atoms with Crippen molar-refractivity contribution in [1.29, 1.82) is 0 Å². The molecule has 0 heterocycles. The van der Waals surface area contributed by atoms with Crippen LogP contribution >= 0.6 is 0 Å². The third-order valence-corrected chi connectivity index (χ3v) is 3.92. The number of hydrogen-bond acceptors (Lipinski definition) is 3. The first-order chi connectivity index (χ1) is 10.8. The summed E-state index contributed by atoms with van der Waals surface area (Å²) in [5, 5.41) is 3.51. The molecule has 3 heteroatoms. The Balaban J connectivity index is 1.79. The average molecular weight is 301 g/mol. The van der Waals surface area contributed by atoms with Gasteiger partial charge in [0, 0.05) is 6.54 Å². The maximum Gasteiger partial charge on any atom is 0.161 e. The average Bonchev–Trinajstić information content (AvgIpc) is 2.58. The number of methoxy groups -OCH3 is 1. The van der Waals surface area contributed by atoms with Crippen LogP contribution in [0.25, 0.3) is 0 Å². The van der Waals surface area contributed by atoms with Gasteiger partial charge in [-0.05, 0) is 56.3 Å². The molecule has 0 radical (unpaired) electrons. The Kier molecular flexibility index (Phi) is 7.04. The molecule has 0 aromatic heterocycles. The van der Waals surface area contributed by atoms with Crippen molar-refractivity contribution in [2.75, 3.05) is 20.3 Å². The summed E-state index contributed by atoms with van der Waals surface area (Å²) in [6, 6.07) is 6.07. The third kappa shape index (κ3) is 5.23. The first kappa shape index (κ1) is 16.6. The zero-order chi connectivity index (χ0) is 15.6. The number of rotatable bonds is 9. The lowest BCUT2D eigenvalue weighted by Gasteiger charge is -2.14. The smallest absolute Gasteiger partial charge is 0.161 e. The second-order valence-electron chi connectivity index (χ2n) is 5.62. The van der Waals surface area contributed by atoms with Gasteiger partial charge in [-0.15, -0.1) is 0 Å². The molecule has 120 valence electrons. The molecule has 0 unspecified atom stereocenters. The zero-order valence-electron chi connectivity index (χ0n) is 13.6. The molecule has 1 aliphatic rings. The van der Waals surface area contributed by atoms with E-state index in [1.165, 1.54) is 31.2 Å². The van der Waals surface area contributed by atoms with Crippen LogP contribution in [0.1, 0.15) is 37.7 Å². The molecule has 0 saturated heterocycles. The van der Waals surface area contributed by atoms with Crippen LogP contribution < -0.4 is 14.8 Å². The lowest BCUT2D eigenvalue weighted by molar-refractivity contribution is 0.326. The third-order valence-electron chi connectivity index (χ3n) is 3.92. The van der Waals surface area contributed by atoms with E-state index < -0.39 is 0 Å². The summed E-state index contributed by atoms with van der Waals surface area (Å²) >= 11 is 0. The second-order valence-corrected chi connectivity index (χ2v) is 5.62. The van der Waals surface area contributed by atoms with Crippen molar-refractivity contribution in [2.45, 2.75) is 38.6 Å². The Morgan fingerprint density at radius 2 is 2.18 bits per heavy atom. The van der Waals surface area contributed by atoms with Crippen LogP contribution in [0.5, 0.6) is 11.5 Å². The summed E-state index contributed by atoms with van der Waals surface area (Å²) in [7, 11) is 1.67. The first-order valence-electron chi connectivity index (χ1n) is 8.12. The topological polar surface area (TPSA) is 30.5 Å². The second kappa shape index (κ2) is 9.31. The van der Waals surface area contributed by atoms with Crippen LogP contribution in [0.15, 0.2) is 42.5 Å². The van der Waals surface area contributed by atoms with Gasteiger partial charge < -0.3 is 14.8 Å². The Labute approximate surface area is 134 Å². The molecule has 0 fully saturated rings. The quantitative estimate of drug-likeness (QED) is 0.546. The minimum absolute atomic E-state index is 0.489. The molecule has 2 rings (SSSR count). The van der Waals surface area contributed by atoms with E-state index in [1.54, 1.807) is 18.8 Å². The summed E-state index contributed by atoms with van der Waals surface area (Å²) < 4.78 is 11.0. The Morgan fingerprint density at radius 3 is 2.91 bits per heavy atom. The van der Waals surface area contributed by atoms with Crippen LogP contribution in [0.4, 0.5) is 0 Å². The van der Waals surface area contributed by atoms with Gasteiger partial charge in [0.25, 0.3) is 0 Å². The van der Waals surface area contributed by atoms with Gasteiger partial charge in [-0.2, -0.15) is 0 Å². The Bertz CT molecular complexity index is 508. The summed E-state index contributed by atoms with van der Waals surface area (Å²) in [5.41, 5.74) is 2.82. The minimum atomic E-state index is 0.489. The molecule has 0 spiro atoms. The van der Waals surface area contributed by atoms with E-state index >= 15 is 0 Å². The maximum atomic E-state index is 5.57. The fourth-order valence-corrected chi connectivity index (χ4v) is 2.70. The van der Waals surface area contributed by atoms with Crippen molar-refractivity contribution in [3.8, 4) is 11.5 Å². The van der Waals surface area contributed by atoms with Gasteiger partial charge in [0.05, 0.1) is 7.11 Å². The van der Waals surface area contributed by atoms with Gasteiger partial charge in [0.15, 0.2) is 11.5 Å². The lowest BCUT2D eigenvalue weighted by atomic mass is 9.97. The van der Waals surface area contributed by atoms with Crippen LogP contribution in [0.3, 0.4) is 0 Å². The number of benzene rings is 1. The molecule has 1 aliphatic carbocycles. The Hall–Kier alpha value is -1.74. The fourth-order valence-electron chi connectivity index (χ4n) is 2.70. The number of ether oxygens (including phenoxy) is 2. The molecule has 0 bridgehead atoms. The molecule has 0 amide bonds. The van der Waals surface area contributed by atoms with E-state index in [4.69, 9.17) is 9.47 Å². The molecule has 3 nitrogen and oxygen atoms in total. The standard InChI is InChI=1S/C19H27NO2/c1-3-13-22-18-10-9-17(14-19(18)21-2)15-20-12-11-16-7-5-4-6-8-16/h3,7,9-10,14,20H,1,4-6,8,11-13,15H2,2H3. The molecular formula is C19H27NO2. The van der Waals surface area contributed by atoms with E-state index in [9.17, 15) is 0 Å². The van der Waals surface area contributed by atoms with E-state index in [2.05, 4.69) is 24.0 Å². The van der Waals surface area contributed by atoms with Crippen LogP contribution in [-0.2, 0) is 6.54 Å². The van der Waals surface area contributed by atoms with Gasteiger partial charge in [-0.3, -0.25) is 0 Å². The van der Waals surface area contributed by atoms with E-state index in [1.807, 2.05) is 12.1 Å². The molecule has 1 aromatic rings. The summed E-state index contributed by atoms with van der Waals surface area (Å²) in [6.07, 6.45) is 10.6. The van der Waals surface area contributed by atoms with Crippen molar-refractivity contribution >= 4 is 0 Å². The Morgan fingerprint density at radius 1 is 1.27 bits per heavy atom. The SMILES string of the molecule is C=CCOc1ccc(CNCCC2=CCCCC2)cc1OC. The molecule has 1 aromatic carbocycles. The van der Waals surface area contributed by atoms with Gasteiger partial charge >= 0.3 is 0 Å². The molecule has 0 aliphatic heterocycles. The van der Waals surface area contributed by atoms with Crippen LogP contribution in [0, 0.1) is 0 Å². The predicted octanol–water partition coefficient (Wildman–Crippen LogP) is 4.24. The highest BCUT2D eigenvalue weighted by Crippen LogP contribution is 2.28. The highest BCUT2D eigenvalue weighted by Gasteiger charge is 2.06. The monoisotopic (exact) mass is 301 g/mol. The molecule has 0 saturated carbocycles. The summed E-state index contributed by atoms with van der Waals surface area (Å²) in [4.78, 5) is 0. The molecule has 1 N–H and O–H groups in total. The van der Waals surface area contributed by atoms with Crippen molar-refractivity contribution in [2.24, 2.45) is 0 Å². The summed E-state index contributed by atoms with van der Waals surface area (Å²) in [6.45, 7) is 6.03. The van der Waals surface area contributed by atoms with Gasteiger partial charge in [0.1, 0.15) is 6.61 Å². The van der Waals surface area contributed by atoms with E-state index in [-0.39, 0.29) is 0 Å². The lowest BCUT2D eigenvalue weighted by Crippen LogP contribution is -2.15. The van der Waals surface area contributed by atoms with Gasteiger partial charge in [-0.25, -0.2) is 0 Å². The largest absolute Gasteiger partial charge is 0.493 e. The first-order valence-corrected chi connectivity index (χ1v) is 8.12. The van der Waals surface area contributed by atoms with Crippen LogP contribution in [0.2, 0.25) is 0 Å². The van der Waals surface area contributed by atoms with Gasteiger partial charge in [0.2, 0.25) is 0 Å². The predicted molar refractivity (Wildman–Crippen MR) is 91.6 cm³/mol. The van der Waals surface area contributed by atoms with Crippen molar-refractivity contribution in [3.63, 3.8) is 0 Å². The zero-order valence-corrected chi connectivity index (χ0v) is 13.6. The maximum absolute atomic E-state index is 5.57. The van der Waals surface area contributed by atoms with Crippen molar-refractivity contribution in [3.05, 3.63) is 48.1 Å². The fraction of sp³-hybridized carbons (Fsp3) is 0.474. The van der Waals surface area contributed by atoms with Crippen molar-refractivity contribution < 1.29 is 9.47 Å². The molecule has 0 atom stereocenters. The number of hydrogen-bond donors (Lipinski definition) is 1. The highest BCUT2D eigenvalue weighted by molar-refractivity contribution is 5.43. The number of allylic oxidation sites excluding steroid dienone is 1. The highest BCUT2D eigenvalue weighted by atomic mass is 16.5. The van der Waals surface area contributed by atoms with Crippen molar-refractivity contribution in [1.82, 2.24) is 5.32 Å². The van der Waals surface area contributed by atoms with Gasteiger partial charge in [-0.1, -0.05) is 30.4 Å².